The first-order valence-corrected chi connectivity index (χ1v) is 11.4. The molecule has 0 bridgehead atoms. The van der Waals surface area contributed by atoms with Gasteiger partial charge in [-0.3, -0.25) is 0 Å². The summed E-state index contributed by atoms with van der Waals surface area (Å²) in [5.41, 5.74) is 0.0114. The van der Waals surface area contributed by atoms with Crippen LogP contribution >= 0.6 is 23.1 Å². The van der Waals surface area contributed by atoms with Gasteiger partial charge in [0.25, 0.3) is 11.4 Å². The van der Waals surface area contributed by atoms with Crippen LogP contribution in [0.4, 0.5) is 0 Å². The molecule has 0 saturated heterocycles. The van der Waals surface area contributed by atoms with Gasteiger partial charge in [0.15, 0.2) is 0 Å². The molecule has 3 aromatic heterocycles. The van der Waals surface area contributed by atoms with Gasteiger partial charge in [-0.15, -0.1) is 23.1 Å². The number of thiophene rings is 1. The fraction of sp³-hybridized carbons (Fsp3) is 0.0400. The standard InChI is InChI=1S/C25H14N4O2S2/c1-28-17(15-26)6-4-8-19-10-12-21(30-19)23-14-24(32-3)25(33-23)22-13-11-20(31-22)9-5-7-18(16-27)29-2/h4-14H,3H3/b8-4+,9-5+,17-6+,18-7-. The Morgan fingerprint density at radius 2 is 1.48 bits per heavy atom. The minimum absolute atomic E-state index is 0.00566. The quantitative estimate of drug-likeness (QED) is 0.154. The molecule has 3 heterocycles. The zero-order valence-electron chi connectivity index (χ0n) is 17.3. The summed E-state index contributed by atoms with van der Waals surface area (Å²) < 4.78 is 11.8. The van der Waals surface area contributed by atoms with E-state index in [1.807, 2.05) is 48.7 Å². The van der Waals surface area contributed by atoms with Crippen LogP contribution in [0.2, 0.25) is 0 Å². The minimum Gasteiger partial charge on any atom is -0.456 e. The van der Waals surface area contributed by atoms with Crippen molar-refractivity contribution >= 4 is 35.3 Å². The van der Waals surface area contributed by atoms with Crippen molar-refractivity contribution in [3.63, 3.8) is 0 Å². The second-order valence-corrected chi connectivity index (χ2v) is 8.08. The topological polar surface area (TPSA) is 82.6 Å². The molecule has 0 aliphatic rings. The molecule has 0 N–H and O–H groups in total. The lowest BCUT2D eigenvalue weighted by atomic mass is 10.3. The zero-order valence-corrected chi connectivity index (χ0v) is 18.9. The highest BCUT2D eigenvalue weighted by Gasteiger charge is 2.16. The highest BCUT2D eigenvalue weighted by atomic mass is 32.2. The molecule has 0 aliphatic carbocycles. The largest absolute Gasteiger partial charge is 0.456 e. The molecule has 6 nitrogen and oxygen atoms in total. The van der Waals surface area contributed by atoms with E-state index in [0.717, 1.165) is 14.6 Å². The summed E-state index contributed by atoms with van der Waals surface area (Å²) in [6.45, 7) is 13.8. The second-order valence-electron chi connectivity index (χ2n) is 6.18. The molecular formula is C25H14N4O2S2. The lowest BCUT2D eigenvalue weighted by molar-refractivity contribution is 0.572. The van der Waals surface area contributed by atoms with Gasteiger partial charge >= 0.3 is 0 Å². The van der Waals surface area contributed by atoms with Crippen molar-refractivity contribution in [2.45, 2.75) is 4.90 Å². The summed E-state index contributed by atoms with van der Waals surface area (Å²) in [7, 11) is 0. The molecule has 0 amide bonds. The third-order valence-electron chi connectivity index (χ3n) is 4.14. The summed E-state index contributed by atoms with van der Waals surface area (Å²) in [5, 5.41) is 17.6. The first kappa shape index (κ1) is 23.2. The van der Waals surface area contributed by atoms with Crippen molar-refractivity contribution in [3.05, 3.63) is 100 Å². The Balaban J connectivity index is 1.83. The lowest BCUT2D eigenvalue weighted by Crippen LogP contribution is -1.69. The molecule has 3 aromatic rings. The highest BCUT2D eigenvalue weighted by molar-refractivity contribution is 7.99. The van der Waals surface area contributed by atoms with Gasteiger partial charge in [0.1, 0.15) is 23.0 Å². The van der Waals surface area contributed by atoms with Crippen molar-refractivity contribution in [3.8, 4) is 33.4 Å². The third kappa shape index (κ3) is 5.82. The van der Waals surface area contributed by atoms with E-state index >= 15 is 0 Å². The zero-order chi connectivity index (χ0) is 23.6. The molecule has 158 valence electrons. The number of nitriles is 2. The number of nitrogens with zero attached hydrogens (tertiary/aromatic N) is 4. The molecule has 3 rings (SSSR count). The molecule has 0 radical (unpaired) electrons. The van der Waals surface area contributed by atoms with Crippen LogP contribution < -0.4 is 0 Å². The van der Waals surface area contributed by atoms with Crippen molar-refractivity contribution in [1.82, 2.24) is 0 Å². The van der Waals surface area contributed by atoms with Gasteiger partial charge in [0.05, 0.1) is 35.0 Å². The number of hydrogen-bond donors (Lipinski definition) is 0. The Kier molecular flexibility index (Phi) is 7.90. The smallest absolute Gasteiger partial charge is 0.261 e. The average molecular weight is 467 g/mol. The average Bonchev–Trinajstić information content (AvgIpc) is 3.58. The molecule has 33 heavy (non-hydrogen) atoms. The van der Waals surface area contributed by atoms with Gasteiger partial charge in [-0.05, 0) is 60.9 Å². The first-order chi connectivity index (χ1) is 16.1. The highest BCUT2D eigenvalue weighted by Crippen LogP contribution is 2.43. The Morgan fingerprint density at radius 1 is 0.939 bits per heavy atom. The van der Waals surface area contributed by atoms with Crippen molar-refractivity contribution in [2.75, 3.05) is 6.26 Å². The van der Waals surface area contributed by atoms with Crippen LogP contribution in [0.1, 0.15) is 11.5 Å². The number of hydrogen-bond acceptors (Lipinski definition) is 6. The maximum absolute atomic E-state index is 8.79. The Morgan fingerprint density at radius 3 is 2.00 bits per heavy atom. The van der Waals surface area contributed by atoms with Gasteiger partial charge in [0, 0.05) is 4.90 Å². The molecule has 0 fully saturated rings. The SMILES string of the molecule is [C-]#[N+]/C(C#N)=C\C=C\c1ccc(-c2sc(-c3ccc(/C=C/C=C(\C#N)[N+]#[C-])o3)cc2SC)o1. The van der Waals surface area contributed by atoms with Crippen LogP contribution in [0, 0.1) is 35.8 Å². The van der Waals surface area contributed by atoms with Crippen LogP contribution in [0.5, 0.6) is 0 Å². The third-order valence-corrected chi connectivity index (χ3v) is 6.19. The molecule has 0 aliphatic heterocycles. The normalized spacial score (nSPS) is 11.9. The number of furan rings is 2. The van der Waals surface area contributed by atoms with Gasteiger partial charge < -0.3 is 8.83 Å². The monoisotopic (exact) mass is 466 g/mol. The fourth-order valence-electron chi connectivity index (χ4n) is 2.63. The van der Waals surface area contributed by atoms with Crippen molar-refractivity contribution in [2.24, 2.45) is 0 Å². The summed E-state index contributed by atoms with van der Waals surface area (Å²) in [5.74, 6) is 2.64. The summed E-state index contributed by atoms with van der Waals surface area (Å²) in [6.07, 6.45) is 11.5. The van der Waals surface area contributed by atoms with Crippen LogP contribution in [-0.2, 0) is 0 Å². The van der Waals surface area contributed by atoms with Gasteiger partial charge in [-0.2, -0.15) is 0 Å². The Hall–Kier alpha value is -4.47. The van der Waals surface area contributed by atoms with Crippen LogP contribution in [0.15, 0.2) is 79.8 Å². The molecule has 0 saturated carbocycles. The summed E-state index contributed by atoms with van der Waals surface area (Å²) in [6, 6.07) is 13.1. The number of rotatable bonds is 7. The molecule has 0 aromatic carbocycles. The number of thioether (sulfide) groups is 1. The predicted molar refractivity (Wildman–Crippen MR) is 130 cm³/mol. The Labute approximate surface area is 199 Å². The summed E-state index contributed by atoms with van der Waals surface area (Å²) >= 11 is 3.15. The predicted octanol–water partition coefficient (Wildman–Crippen LogP) is 7.67. The van der Waals surface area contributed by atoms with Crippen molar-refractivity contribution in [1.29, 1.82) is 10.5 Å². The van der Waals surface area contributed by atoms with E-state index in [-0.39, 0.29) is 11.4 Å². The first-order valence-electron chi connectivity index (χ1n) is 9.32. The Bertz CT molecular complexity index is 1420. The van der Waals surface area contributed by atoms with Crippen LogP contribution in [0.3, 0.4) is 0 Å². The number of allylic oxidation sites excluding steroid dienone is 6. The maximum Gasteiger partial charge on any atom is 0.261 e. The van der Waals surface area contributed by atoms with Crippen LogP contribution in [0.25, 0.3) is 43.1 Å². The minimum atomic E-state index is 0.00566. The molecule has 0 atom stereocenters. The van der Waals surface area contributed by atoms with Gasteiger partial charge in [-0.1, -0.05) is 12.2 Å². The molecule has 8 heteroatoms. The van der Waals surface area contributed by atoms with Gasteiger partial charge in [0.2, 0.25) is 0 Å². The fourth-order valence-corrected chi connectivity index (χ4v) is 4.57. The van der Waals surface area contributed by atoms with E-state index in [2.05, 4.69) is 9.69 Å². The summed E-state index contributed by atoms with van der Waals surface area (Å²) in [4.78, 5) is 9.17. The van der Waals surface area contributed by atoms with E-state index in [4.69, 9.17) is 32.5 Å². The lowest BCUT2D eigenvalue weighted by Gasteiger charge is -1.95. The van der Waals surface area contributed by atoms with E-state index in [1.54, 1.807) is 47.4 Å². The van der Waals surface area contributed by atoms with E-state index < -0.39 is 0 Å². The molecule has 0 unspecified atom stereocenters. The van der Waals surface area contributed by atoms with Gasteiger partial charge in [-0.25, -0.2) is 20.2 Å². The maximum atomic E-state index is 8.79. The van der Waals surface area contributed by atoms with Crippen molar-refractivity contribution < 1.29 is 8.83 Å². The second kappa shape index (κ2) is 11.2. The van der Waals surface area contributed by atoms with E-state index in [0.29, 0.717) is 23.0 Å². The van der Waals surface area contributed by atoms with E-state index in [9.17, 15) is 0 Å². The van der Waals surface area contributed by atoms with Crippen LogP contribution in [-0.4, -0.2) is 6.26 Å². The molecular weight excluding hydrogens is 452 g/mol. The molecule has 0 spiro atoms. The van der Waals surface area contributed by atoms with E-state index in [1.165, 1.54) is 12.2 Å².